The molecule has 1 saturated heterocycles. The Balaban J connectivity index is 1.76. The van der Waals surface area contributed by atoms with Crippen molar-refractivity contribution in [1.29, 1.82) is 0 Å². The molecule has 1 spiro atoms. The molecule has 3 rings (SSSR count). The second kappa shape index (κ2) is 6.24. The molecule has 4 heteroatoms. The molecular formula is C17H25NO3. The Morgan fingerprint density at radius 3 is 2.90 bits per heavy atom. The summed E-state index contributed by atoms with van der Waals surface area (Å²) in [7, 11) is 1.69. The topological polar surface area (TPSA) is 53.7 Å². The van der Waals surface area contributed by atoms with Crippen LogP contribution >= 0.6 is 0 Å². The molecule has 2 fully saturated rings. The highest BCUT2D eigenvalue weighted by molar-refractivity contribution is 5.47. The molecule has 1 atom stereocenters. The summed E-state index contributed by atoms with van der Waals surface area (Å²) in [5, 5.41) is 0. The summed E-state index contributed by atoms with van der Waals surface area (Å²) in [6, 6.07) is 6.02. The lowest BCUT2D eigenvalue weighted by atomic mass is 9.74. The van der Waals surface area contributed by atoms with Crippen molar-refractivity contribution in [3.05, 3.63) is 23.8 Å². The molecule has 0 amide bonds. The maximum Gasteiger partial charge on any atom is 0.164 e. The van der Waals surface area contributed by atoms with E-state index < -0.39 is 0 Å². The number of benzene rings is 1. The van der Waals surface area contributed by atoms with Gasteiger partial charge in [-0.1, -0.05) is 12.1 Å². The molecule has 1 aromatic carbocycles. The molecule has 116 valence electrons. The first-order valence-electron chi connectivity index (χ1n) is 7.93. The number of rotatable bonds is 5. The van der Waals surface area contributed by atoms with Gasteiger partial charge in [-0.15, -0.1) is 0 Å². The molecule has 1 heterocycles. The van der Waals surface area contributed by atoms with Crippen LogP contribution in [0.2, 0.25) is 0 Å². The van der Waals surface area contributed by atoms with Gasteiger partial charge in [0.2, 0.25) is 0 Å². The first-order valence-corrected chi connectivity index (χ1v) is 7.93. The van der Waals surface area contributed by atoms with Gasteiger partial charge in [0.1, 0.15) is 6.10 Å². The zero-order valence-corrected chi connectivity index (χ0v) is 12.8. The van der Waals surface area contributed by atoms with Crippen molar-refractivity contribution in [2.24, 2.45) is 5.73 Å². The van der Waals surface area contributed by atoms with Crippen molar-refractivity contribution in [2.75, 3.05) is 20.3 Å². The average molecular weight is 291 g/mol. The predicted octanol–water partition coefficient (Wildman–Crippen LogP) is 2.68. The minimum atomic E-state index is 0.0962. The van der Waals surface area contributed by atoms with Gasteiger partial charge in [-0.2, -0.15) is 0 Å². The summed E-state index contributed by atoms with van der Waals surface area (Å²) in [6.07, 6.45) is 6.59. The summed E-state index contributed by atoms with van der Waals surface area (Å²) < 4.78 is 17.8. The molecule has 2 N–H and O–H groups in total. The van der Waals surface area contributed by atoms with E-state index in [0.717, 1.165) is 42.9 Å². The zero-order valence-electron chi connectivity index (χ0n) is 12.8. The standard InChI is InChI=1S/C17H25NO3/c1-19-15-5-2-4-13(6-10-18)16(15)21-14-7-11-20-17(12-14)8-3-9-17/h2,4-5,14H,3,6-12,18H2,1H3. The van der Waals surface area contributed by atoms with Crippen molar-refractivity contribution in [3.8, 4) is 11.5 Å². The summed E-state index contributed by atoms with van der Waals surface area (Å²) in [6.45, 7) is 1.41. The van der Waals surface area contributed by atoms with Crippen LogP contribution in [0, 0.1) is 0 Å². The molecule has 0 aromatic heterocycles. The Hall–Kier alpha value is -1.26. The molecular weight excluding hydrogens is 266 g/mol. The maximum absolute atomic E-state index is 6.33. The van der Waals surface area contributed by atoms with E-state index in [1.165, 1.54) is 19.3 Å². The molecule has 0 bridgehead atoms. The van der Waals surface area contributed by atoms with E-state index in [1.807, 2.05) is 12.1 Å². The maximum atomic E-state index is 6.33. The Morgan fingerprint density at radius 2 is 2.24 bits per heavy atom. The minimum absolute atomic E-state index is 0.0962. The number of hydrogen-bond acceptors (Lipinski definition) is 4. The van der Waals surface area contributed by atoms with Crippen LogP contribution in [0.25, 0.3) is 0 Å². The fourth-order valence-electron chi connectivity index (χ4n) is 3.38. The van der Waals surface area contributed by atoms with E-state index in [1.54, 1.807) is 7.11 Å². The van der Waals surface area contributed by atoms with Crippen LogP contribution in [0.15, 0.2) is 18.2 Å². The lowest BCUT2D eigenvalue weighted by Crippen LogP contribution is -2.48. The molecule has 0 radical (unpaired) electrons. The number of methoxy groups -OCH3 is 1. The third kappa shape index (κ3) is 3.01. The molecule has 1 unspecified atom stereocenters. The van der Waals surface area contributed by atoms with E-state index in [2.05, 4.69) is 6.07 Å². The van der Waals surface area contributed by atoms with Crippen LogP contribution in [0.4, 0.5) is 0 Å². The quantitative estimate of drug-likeness (QED) is 0.906. The predicted molar refractivity (Wildman–Crippen MR) is 81.9 cm³/mol. The fourth-order valence-corrected chi connectivity index (χ4v) is 3.38. The van der Waals surface area contributed by atoms with Gasteiger partial charge in [0, 0.05) is 12.8 Å². The van der Waals surface area contributed by atoms with E-state index in [-0.39, 0.29) is 11.7 Å². The molecule has 1 aromatic rings. The Morgan fingerprint density at radius 1 is 1.38 bits per heavy atom. The number of hydrogen-bond donors (Lipinski definition) is 1. The zero-order chi connectivity index (χ0) is 14.7. The van der Waals surface area contributed by atoms with Crippen molar-refractivity contribution in [2.45, 2.75) is 50.2 Å². The smallest absolute Gasteiger partial charge is 0.164 e. The highest BCUT2D eigenvalue weighted by Crippen LogP contribution is 2.44. The van der Waals surface area contributed by atoms with Crippen LogP contribution in [0.1, 0.15) is 37.7 Å². The number of para-hydroxylation sites is 1. The van der Waals surface area contributed by atoms with Gasteiger partial charge < -0.3 is 19.9 Å². The minimum Gasteiger partial charge on any atom is -0.493 e. The van der Waals surface area contributed by atoms with E-state index in [4.69, 9.17) is 19.9 Å². The van der Waals surface area contributed by atoms with Gasteiger partial charge in [-0.25, -0.2) is 0 Å². The fraction of sp³-hybridized carbons (Fsp3) is 0.647. The van der Waals surface area contributed by atoms with Crippen LogP contribution < -0.4 is 15.2 Å². The molecule has 21 heavy (non-hydrogen) atoms. The van der Waals surface area contributed by atoms with Crippen molar-refractivity contribution in [3.63, 3.8) is 0 Å². The Labute approximate surface area is 126 Å². The summed E-state index contributed by atoms with van der Waals surface area (Å²) >= 11 is 0. The third-order valence-electron chi connectivity index (χ3n) is 4.69. The van der Waals surface area contributed by atoms with Crippen LogP contribution in [0.5, 0.6) is 11.5 Å². The van der Waals surface area contributed by atoms with Gasteiger partial charge in [0.05, 0.1) is 19.3 Å². The highest BCUT2D eigenvalue weighted by atomic mass is 16.5. The third-order valence-corrected chi connectivity index (χ3v) is 4.69. The number of nitrogens with two attached hydrogens (primary N) is 1. The van der Waals surface area contributed by atoms with Gasteiger partial charge in [0.15, 0.2) is 11.5 Å². The van der Waals surface area contributed by atoms with Crippen molar-refractivity contribution < 1.29 is 14.2 Å². The lowest BCUT2D eigenvalue weighted by molar-refractivity contribution is -0.153. The monoisotopic (exact) mass is 291 g/mol. The van der Waals surface area contributed by atoms with Crippen molar-refractivity contribution in [1.82, 2.24) is 0 Å². The molecule has 4 nitrogen and oxygen atoms in total. The average Bonchev–Trinajstić information content (AvgIpc) is 2.48. The van der Waals surface area contributed by atoms with Crippen LogP contribution in [0.3, 0.4) is 0 Å². The Bertz CT molecular complexity index is 485. The van der Waals surface area contributed by atoms with E-state index in [0.29, 0.717) is 6.54 Å². The normalized spacial score (nSPS) is 23.6. The van der Waals surface area contributed by atoms with Gasteiger partial charge in [-0.05, 0) is 43.9 Å². The van der Waals surface area contributed by atoms with E-state index in [9.17, 15) is 0 Å². The highest BCUT2D eigenvalue weighted by Gasteiger charge is 2.43. The summed E-state index contributed by atoms with van der Waals surface area (Å²) in [5.41, 5.74) is 6.94. The van der Waals surface area contributed by atoms with Crippen LogP contribution in [-0.2, 0) is 11.2 Å². The molecule has 1 aliphatic heterocycles. The van der Waals surface area contributed by atoms with Crippen LogP contribution in [-0.4, -0.2) is 32.0 Å². The number of ether oxygens (including phenoxy) is 3. The van der Waals surface area contributed by atoms with E-state index >= 15 is 0 Å². The summed E-state index contributed by atoms with van der Waals surface area (Å²) in [5.74, 6) is 1.67. The summed E-state index contributed by atoms with van der Waals surface area (Å²) in [4.78, 5) is 0. The lowest BCUT2D eigenvalue weighted by Gasteiger charge is -2.47. The first kappa shape index (κ1) is 14.7. The second-order valence-electron chi connectivity index (χ2n) is 6.10. The largest absolute Gasteiger partial charge is 0.493 e. The second-order valence-corrected chi connectivity index (χ2v) is 6.10. The SMILES string of the molecule is COc1cccc(CCN)c1OC1CCOC2(CCC2)C1. The molecule has 1 aliphatic carbocycles. The van der Waals surface area contributed by atoms with Gasteiger partial charge in [-0.3, -0.25) is 0 Å². The van der Waals surface area contributed by atoms with Gasteiger partial charge >= 0.3 is 0 Å². The molecule has 2 aliphatic rings. The Kier molecular flexibility index (Phi) is 4.36. The van der Waals surface area contributed by atoms with Crippen molar-refractivity contribution >= 4 is 0 Å². The molecule has 1 saturated carbocycles. The first-order chi connectivity index (χ1) is 10.3. The van der Waals surface area contributed by atoms with Gasteiger partial charge in [0.25, 0.3) is 0 Å².